The third kappa shape index (κ3) is 3.67. The standard InChI is InChI=1S/C16H23NO4/c1-15(2)6-8-16(21,9-7-15)10-17-14(20)13-11(18)4-3-5-12(13)19/h3-5,18-19,21H,6-10H2,1-2H3,(H,17,20). The van der Waals surface area contributed by atoms with Gasteiger partial charge in [-0.3, -0.25) is 4.79 Å². The molecule has 5 nitrogen and oxygen atoms in total. The minimum absolute atomic E-state index is 0.121. The third-order valence-corrected chi connectivity index (χ3v) is 4.36. The number of benzene rings is 1. The molecule has 1 aromatic carbocycles. The lowest BCUT2D eigenvalue weighted by Gasteiger charge is -2.40. The molecule has 1 aliphatic carbocycles. The summed E-state index contributed by atoms with van der Waals surface area (Å²) in [4.78, 5) is 12.1. The number of aromatic hydroxyl groups is 2. The summed E-state index contributed by atoms with van der Waals surface area (Å²) in [5.41, 5.74) is -0.838. The van der Waals surface area contributed by atoms with Crippen LogP contribution in [-0.2, 0) is 0 Å². The molecule has 4 N–H and O–H groups in total. The Morgan fingerprint density at radius 1 is 1.14 bits per heavy atom. The van der Waals surface area contributed by atoms with Gasteiger partial charge in [-0.2, -0.15) is 0 Å². The fraction of sp³-hybridized carbons (Fsp3) is 0.562. The Labute approximate surface area is 124 Å². The van der Waals surface area contributed by atoms with Crippen LogP contribution in [0.4, 0.5) is 0 Å². The quantitative estimate of drug-likeness (QED) is 0.687. The van der Waals surface area contributed by atoms with Crippen molar-refractivity contribution in [2.45, 2.75) is 45.1 Å². The highest BCUT2D eigenvalue weighted by molar-refractivity contribution is 5.99. The molecule has 0 aliphatic heterocycles. The van der Waals surface area contributed by atoms with Gasteiger partial charge in [-0.05, 0) is 43.2 Å². The van der Waals surface area contributed by atoms with E-state index < -0.39 is 11.5 Å². The lowest BCUT2D eigenvalue weighted by atomic mass is 9.71. The number of aliphatic hydroxyl groups is 1. The SMILES string of the molecule is CC1(C)CCC(O)(CNC(=O)c2c(O)cccc2O)CC1. The Morgan fingerprint density at radius 3 is 2.19 bits per heavy atom. The molecule has 0 radical (unpaired) electrons. The van der Waals surface area contributed by atoms with Gasteiger partial charge in [0.25, 0.3) is 5.91 Å². The smallest absolute Gasteiger partial charge is 0.258 e. The van der Waals surface area contributed by atoms with Gasteiger partial charge in [0.15, 0.2) is 0 Å². The van der Waals surface area contributed by atoms with Gasteiger partial charge in [0.05, 0.1) is 5.60 Å². The van der Waals surface area contributed by atoms with Gasteiger partial charge in [0.2, 0.25) is 0 Å². The number of phenolic OH excluding ortho intramolecular Hbond substituents is 2. The number of rotatable bonds is 3. The van der Waals surface area contributed by atoms with Crippen LogP contribution in [0.2, 0.25) is 0 Å². The summed E-state index contributed by atoms with van der Waals surface area (Å²) in [6.45, 7) is 4.46. The number of amides is 1. The van der Waals surface area contributed by atoms with Crippen LogP contribution in [0.3, 0.4) is 0 Å². The Bertz CT molecular complexity index is 509. The molecule has 0 heterocycles. The van der Waals surface area contributed by atoms with E-state index in [2.05, 4.69) is 19.2 Å². The van der Waals surface area contributed by atoms with Gasteiger partial charge in [-0.1, -0.05) is 19.9 Å². The van der Waals surface area contributed by atoms with E-state index in [0.717, 1.165) is 12.8 Å². The lowest BCUT2D eigenvalue weighted by molar-refractivity contribution is -0.0233. The highest BCUT2D eigenvalue weighted by Crippen LogP contribution is 2.39. The topological polar surface area (TPSA) is 89.8 Å². The van der Waals surface area contributed by atoms with Crippen molar-refractivity contribution < 1.29 is 20.1 Å². The van der Waals surface area contributed by atoms with Gasteiger partial charge in [0, 0.05) is 6.54 Å². The molecule has 0 spiro atoms. The Hall–Kier alpha value is -1.75. The molecule has 0 atom stereocenters. The molecule has 1 fully saturated rings. The molecule has 0 bridgehead atoms. The van der Waals surface area contributed by atoms with Crippen LogP contribution in [-0.4, -0.2) is 33.4 Å². The van der Waals surface area contributed by atoms with Gasteiger partial charge in [0.1, 0.15) is 17.1 Å². The summed E-state index contributed by atoms with van der Waals surface area (Å²) >= 11 is 0. The van der Waals surface area contributed by atoms with Crippen LogP contribution in [0.1, 0.15) is 49.9 Å². The van der Waals surface area contributed by atoms with Gasteiger partial charge < -0.3 is 20.6 Å². The number of carbonyl (C=O) groups excluding carboxylic acids is 1. The van der Waals surface area contributed by atoms with Gasteiger partial charge in [-0.15, -0.1) is 0 Å². The summed E-state index contributed by atoms with van der Waals surface area (Å²) in [5, 5.41) is 32.4. The summed E-state index contributed by atoms with van der Waals surface area (Å²) in [5.74, 6) is -1.13. The average Bonchev–Trinajstić information content (AvgIpc) is 2.41. The van der Waals surface area contributed by atoms with Crippen molar-refractivity contribution in [1.82, 2.24) is 5.32 Å². The Kier molecular flexibility index (Phi) is 4.14. The van der Waals surface area contributed by atoms with E-state index in [-0.39, 0.29) is 29.0 Å². The molecule has 21 heavy (non-hydrogen) atoms. The van der Waals surface area contributed by atoms with E-state index in [4.69, 9.17) is 0 Å². The average molecular weight is 293 g/mol. The normalized spacial score (nSPS) is 20.0. The molecule has 1 saturated carbocycles. The monoisotopic (exact) mass is 293 g/mol. The largest absolute Gasteiger partial charge is 0.507 e. The molecule has 0 saturated heterocycles. The van der Waals surface area contributed by atoms with Crippen LogP contribution < -0.4 is 5.32 Å². The fourth-order valence-corrected chi connectivity index (χ4v) is 2.66. The summed E-state index contributed by atoms with van der Waals surface area (Å²) < 4.78 is 0. The van der Waals surface area contributed by atoms with Crippen LogP contribution in [0.15, 0.2) is 18.2 Å². The molecular weight excluding hydrogens is 270 g/mol. The van der Waals surface area contributed by atoms with Gasteiger partial charge in [-0.25, -0.2) is 0 Å². The number of nitrogens with one attached hydrogen (secondary N) is 1. The van der Waals surface area contributed by atoms with E-state index in [0.29, 0.717) is 12.8 Å². The second kappa shape index (κ2) is 5.56. The van der Waals surface area contributed by atoms with Crippen LogP contribution in [0.25, 0.3) is 0 Å². The van der Waals surface area contributed by atoms with E-state index in [1.165, 1.54) is 18.2 Å². The van der Waals surface area contributed by atoms with E-state index in [1.54, 1.807) is 0 Å². The molecule has 116 valence electrons. The third-order valence-electron chi connectivity index (χ3n) is 4.36. The predicted octanol–water partition coefficient (Wildman–Crippen LogP) is 2.16. The number of hydrogen-bond donors (Lipinski definition) is 4. The first-order valence-electron chi connectivity index (χ1n) is 7.24. The van der Waals surface area contributed by atoms with Crippen molar-refractivity contribution >= 4 is 5.91 Å². The maximum Gasteiger partial charge on any atom is 0.258 e. The highest BCUT2D eigenvalue weighted by atomic mass is 16.3. The number of hydrogen-bond acceptors (Lipinski definition) is 4. The summed E-state index contributed by atoms with van der Waals surface area (Å²) in [6.07, 6.45) is 3.07. The van der Waals surface area contributed by atoms with Crippen molar-refractivity contribution in [1.29, 1.82) is 0 Å². The number of carbonyl (C=O) groups is 1. The van der Waals surface area contributed by atoms with Crippen molar-refractivity contribution in [3.63, 3.8) is 0 Å². The van der Waals surface area contributed by atoms with E-state index in [1.807, 2.05) is 0 Å². The predicted molar refractivity (Wildman–Crippen MR) is 79.3 cm³/mol. The first-order valence-corrected chi connectivity index (χ1v) is 7.24. The van der Waals surface area contributed by atoms with Crippen molar-refractivity contribution in [2.24, 2.45) is 5.41 Å². The minimum atomic E-state index is -0.912. The molecule has 0 unspecified atom stereocenters. The maximum atomic E-state index is 12.1. The maximum absolute atomic E-state index is 12.1. The first-order chi connectivity index (χ1) is 9.72. The van der Waals surface area contributed by atoms with Crippen LogP contribution in [0, 0.1) is 5.41 Å². The zero-order valence-electron chi connectivity index (χ0n) is 12.5. The molecule has 1 aromatic rings. The van der Waals surface area contributed by atoms with Crippen LogP contribution in [0.5, 0.6) is 11.5 Å². The lowest BCUT2D eigenvalue weighted by Crippen LogP contribution is -2.46. The zero-order valence-corrected chi connectivity index (χ0v) is 12.5. The molecule has 0 aromatic heterocycles. The summed E-state index contributed by atoms with van der Waals surface area (Å²) in [7, 11) is 0. The Morgan fingerprint density at radius 2 is 1.67 bits per heavy atom. The van der Waals surface area contributed by atoms with Crippen LogP contribution >= 0.6 is 0 Å². The zero-order chi connectivity index (χ0) is 15.7. The second-order valence-corrected chi connectivity index (χ2v) is 6.74. The Balaban J connectivity index is 1.99. The molecule has 2 rings (SSSR count). The van der Waals surface area contributed by atoms with Crippen molar-refractivity contribution in [2.75, 3.05) is 6.54 Å². The van der Waals surface area contributed by atoms with E-state index >= 15 is 0 Å². The van der Waals surface area contributed by atoms with Crippen molar-refractivity contribution in [3.05, 3.63) is 23.8 Å². The molecule has 1 aliphatic rings. The highest BCUT2D eigenvalue weighted by Gasteiger charge is 2.37. The molecule has 5 heteroatoms. The van der Waals surface area contributed by atoms with Gasteiger partial charge >= 0.3 is 0 Å². The fourth-order valence-electron chi connectivity index (χ4n) is 2.66. The molecule has 1 amide bonds. The van der Waals surface area contributed by atoms with E-state index in [9.17, 15) is 20.1 Å². The van der Waals surface area contributed by atoms with Crippen molar-refractivity contribution in [3.8, 4) is 11.5 Å². The number of phenols is 2. The minimum Gasteiger partial charge on any atom is -0.507 e. The summed E-state index contributed by atoms with van der Waals surface area (Å²) in [6, 6.07) is 4.14. The second-order valence-electron chi connectivity index (χ2n) is 6.74. The first kappa shape index (κ1) is 15.6. The molecular formula is C16H23NO4.